The van der Waals surface area contributed by atoms with Gasteiger partial charge in [-0.15, -0.1) is 11.3 Å². The molecule has 0 saturated carbocycles. The number of nitrogens with zero attached hydrogens (tertiary/aromatic N) is 3. The SMILES string of the molecule is COc1ccc(-c2csc(C(=O)O)c2OC)cc1-c1ccc(N2CCC2)nc1CN1C(=O)O[C@H](c2cc(C)cc(C(F)(F)F)c2)[C@@H]1C. The number of pyridine rings is 1. The van der Waals surface area contributed by atoms with Crippen LogP contribution in [-0.4, -0.2) is 60.4 Å². The van der Waals surface area contributed by atoms with Gasteiger partial charge in [0.2, 0.25) is 0 Å². The second kappa shape index (κ2) is 12.4. The number of hydrogen-bond donors (Lipinski definition) is 1. The van der Waals surface area contributed by atoms with Crippen molar-refractivity contribution in [3.63, 3.8) is 0 Å². The number of aromatic carboxylic acids is 1. The van der Waals surface area contributed by atoms with E-state index in [0.29, 0.717) is 39.3 Å². The highest BCUT2D eigenvalue weighted by atomic mass is 32.1. The van der Waals surface area contributed by atoms with Crippen LogP contribution in [0.25, 0.3) is 22.3 Å². The van der Waals surface area contributed by atoms with Crippen LogP contribution in [0.4, 0.5) is 23.8 Å². The first-order chi connectivity index (χ1) is 22.4. The summed E-state index contributed by atoms with van der Waals surface area (Å²) in [5.41, 5.74) is 3.02. The van der Waals surface area contributed by atoms with Crippen molar-refractivity contribution >= 4 is 29.2 Å². The van der Waals surface area contributed by atoms with Crippen molar-refractivity contribution in [1.82, 2.24) is 9.88 Å². The van der Waals surface area contributed by atoms with Crippen LogP contribution in [0.2, 0.25) is 0 Å². The Balaban J connectivity index is 1.41. The highest BCUT2D eigenvalue weighted by molar-refractivity contribution is 7.12. The normalized spacial score (nSPS) is 17.8. The topological polar surface area (TPSA) is 101 Å². The molecule has 13 heteroatoms. The van der Waals surface area contributed by atoms with Gasteiger partial charge in [0.25, 0.3) is 0 Å². The number of aryl methyl sites for hydroxylation is 1. The molecule has 0 bridgehead atoms. The maximum Gasteiger partial charge on any atom is 0.416 e. The number of alkyl halides is 3. The fourth-order valence-electron chi connectivity index (χ4n) is 6.02. The van der Waals surface area contributed by atoms with Crippen LogP contribution in [0.3, 0.4) is 0 Å². The predicted molar refractivity (Wildman–Crippen MR) is 170 cm³/mol. The van der Waals surface area contributed by atoms with Crippen LogP contribution in [0.15, 0.2) is 53.9 Å². The summed E-state index contributed by atoms with van der Waals surface area (Å²) in [7, 11) is 2.96. The van der Waals surface area contributed by atoms with Crippen LogP contribution in [-0.2, 0) is 17.5 Å². The van der Waals surface area contributed by atoms with E-state index in [-0.39, 0.29) is 22.7 Å². The fraction of sp³-hybridized carbons (Fsp3) is 0.324. The number of carbonyl (C=O) groups is 2. The third kappa shape index (κ3) is 6.07. The molecule has 2 atom stereocenters. The molecule has 246 valence electrons. The lowest BCUT2D eigenvalue weighted by Gasteiger charge is -2.33. The summed E-state index contributed by atoms with van der Waals surface area (Å²) in [4.78, 5) is 33.8. The van der Waals surface area contributed by atoms with Gasteiger partial charge in [0.05, 0.1) is 38.1 Å². The van der Waals surface area contributed by atoms with Crippen LogP contribution in [0, 0.1) is 6.92 Å². The Morgan fingerprint density at radius 2 is 1.83 bits per heavy atom. The van der Waals surface area contributed by atoms with Crippen molar-refractivity contribution in [2.24, 2.45) is 0 Å². The number of hydrogen-bond acceptors (Lipinski definition) is 8. The zero-order valence-electron chi connectivity index (χ0n) is 26.1. The molecular formula is C34H32F3N3O6S. The van der Waals surface area contributed by atoms with E-state index in [1.807, 2.05) is 24.3 Å². The average molecular weight is 668 g/mol. The first-order valence-corrected chi connectivity index (χ1v) is 15.8. The Hall–Kier alpha value is -4.78. The van der Waals surface area contributed by atoms with E-state index in [0.717, 1.165) is 48.8 Å². The lowest BCUT2D eigenvalue weighted by Crippen LogP contribution is -2.38. The molecule has 2 aromatic carbocycles. The molecule has 2 fully saturated rings. The minimum absolute atomic E-state index is 0.0176. The Bertz CT molecular complexity index is 1860. The number of carbonyl (C=O) groups excluding carboxylic acids is 1. The van der Waals surface area contributed by atoms with Gasteiger partial charge in [-0.25, -0.2) is 14.6 Å². The second-order valence-electron chi connectivity index (χ2n) is 11.5. The molecule has 6 rings (SSSR count). The highest BCUT2D eigenvalue weighted by Gasteiger charge is 2.42. The zero-order valence-corrected chi connectivity index (χ0v) is 26.9. The smallest absolute Gasteiger partial charge is 0.416 e. The minimum Gasteiger partial charge on any atom is -0.496 e. The number of rotatable bonds is 9. The van der Waals surface area contributed by atoms with Gasteiger partial charge in [-0.2, -0.15) is 13.2 Å². The molecule has 1 amide bonds. The van der Waals surface area contributed by atoms with Crippen molar-refractivity contribution in [3.05, 3.63) is 81.2 Å². The van der Waals surface area contributed by atoms with E-state index >= 15 is 0 Å². The first kappa shape index (κ1) is 32.2. The number of aromatic nitrogens is 1. The summed E-state index contributed by atoms with van der Waals surface area (Å²) >= 11 is 1.06. The molecule has 0 aliphatic carbocycles. The van der Waals surface area contributed by atoms with Crippen LogP contribution in [0.5, 0.6) is 11.5 Å². The first-order valence-electron chi connectivity index (χ1n) is 14.9. The standard InChI is InChI=1S/C34H32F3N3O6S/c1-18-12-21(14-22(13-18)34(35,36)37)29-19(2)40(33(43)46-29)16-26-23(7-9-28(38-26)39-10-5-11-39)24-15-20(6-8-27(24)44-3)25-17-47-31(32(41)42)30(25)45-4/h6-9,12-15,17,19,29H,5,10-11,16H2,1-4H3,(H,41,42)/t19-,29-/m0/s1. The van der Waals surface area contributed by atoms with E-state index in [4.69, 9.17) is 19.2 Å². The van der Waals surface area contributed by atoms with Crippen LogP contribution < -0.4 is 14.4 Å². The monoisotopic (exact) mass is 667 g/mol. The Morgan fingerprint density at radius 3 is 2.47 bits per heavy atom. The summed E-state index contributed by atoms with van der Waals surface area (Å²) in [5, 5.41) is 11.4. The van der Waals surface area contributed by atoms with E-state index in [1.54, 1.807) is 31.4 Å². The predicted octanol–water partition coefficient (Wildman–Crippen LogP) is 7.81. The minimum atomic E-state index is -4.54. The van der Waals surface area contributed by atoms with Crippen molar-refractivity contribution in [2.45, 2.75) is 45.1 Å². The Morgan fingerprint density at radius 1 is 1.06 bits per heavy atom. The van der Waals surface area contributed by atoms with Crippen molar-refractivity contribution < 1.29 is 42.1 Å². The lowest BCUT2D eigenvalue weighted by atomic mass is 9.96. The molecule has 4 aromatic rings. The molecule has 2 aliphatic rings. The third-order valence-electron chi connectivity index (χ3n) is 8.55. The summed E-state index contributed by atoms with van der Waals surface area (Å²) in [6.45, 7) is 5.02. The van der Waals surface area contributed by atoms with Crippen LogP contribution in [0.1, 0.15) is 51.5 Å². The molecule has 0 radical (unpaired) electrons. The van der Waals surface area contributed by atoms with E-state index in [9.17, 15) is 27.9 Å². The van der Waals surface area contributed by atoms with Gasteiger partial charge >= 0.3 is 18.2 Å². The van der Waals surface area contributed by atoms with E-state index in [2.05, 4.69) is 4.90 Å². The lowest BCUT2D eigenvalue weighted by molar-refractivity contribution is -0.137. The van der Waals surface area contributed by atoms with E-state index < -0.39 is 35.9 Å². The zero-order chi connectivity index (χ0) is 33.6. The van der Waals surface area contributed by atoms with Gasteiger partial charge in [0.1, 0.15) is 17.7 Å². The summed E-state index contributed by atoms with van der Waals surface area (Å²) in [5.74, 6) is 0.413. The summed E-state index contributed by atoms with van der Waals surface area (Å²) in [6.07, 6.45) is -5.09. The molecule has 2 aromatic heterocycles. The molecule has 2 saturated heterocycles. The molecule has 1 N–H and O–H groups in total. The van der Waals surface area contributed by atoms with E-state index in [1.165, 1.54) is 19.1 Å². The van der Waals surface area contributed by atoms with Gasteiger partial charge < -0.3 is 24.2 Å². The number of thiophene rings is 1. The maximum absolute atomic E-state index is 13.6. The number of anilines is 1. The number of amides is 1. The average Bonchev–Trinajstić information content (AvgIpc) is 3.56. The number of ether oxygens (including phenoxy) is 3. The van der Waals surface area contributed by atoms with Crippen molar-refractivity contribution in [1.29, 1.82) is 0 Å². The number of carboxylic acid groups (broad SMARTS) is 1. The fourth-order valence-corrected chi connectivity index (χ4v) is 6.90. The second-order valence-corrected chi connectivity index (χ2v) is 12.4. The highest BCUT2D eigenvalue weighted by Crippen LogP contribution is 2.44. The molecule has 47 heavy (non-hydrogen) atoms. The molecule has 4 heterocycles. The molecule has 9 nitrogen and oxygen atoms in total. The van der Waals surface area contributed by atoms with Crippen molar-refractivity contribution in [3.8, 4) is 33.8 Å². The third-order valence-corrected chi connectivity index (χ3v) is 9.50. The Kier molecular flexibility index (Phi) is 8.51. The van der Waals surface area contributed by atoms with Crippen LogP contribution >= 0.6 is 11.3 Å². The molecular weight excluding hydrogens is 635 g/mol. The number of benzene rings is 2. The molecule has 0 unspecified atom stereocenters. The summed E-state index contributed by atoms with van der Waals surface area (Å²) < 4.78 is 57.8. The number of halogens is 3. The molecule has 2 aliphatic heterocycles. The van der Waals surface area contributed by atoms with Gasteiger partial charge in [0, 0.05) is 35.2 Å². The number of carboxylic acids is 1. The molecule has 0 spiro atoms. The van der Waals surface area contributed by atoms with Gasteiger partial charge in [0.15, 0.2) is 10.6 Å². The van der Waals surface area contributed by atoms with Gasteiger partial charge in [-0.1, -0.05) is 17.7 Å². The quantitative estimate of drug-likeness (QED) is 0.193. The van der Waals surface area contributed by atoms with Crippen molar-refractivity contribution in [2.75, 3.05) is 32.2 Å². The summed E-state index contributed by atoms with van der Waals surface area (Å²) in [6, 6.07) is 12.3. The number of methoxy groups -OCH3 is 2. The van der Waals surface area contributed by atoms with Gasteiger partial charge in [-0.3, -0.25) is 4.90 Å². The number of cyclic esters (lactones) is 1. The van der Waals surface area contributed by atoms with Gasteiger partial charge in [-0.05, 0) is 67.8 Å². The largest absolute Gasteiger partial charge is 0.496 e. The Labute approximate surface area is 273 Å². The maximum atomic E-state index is 13.6.